The van der Waals surface area contributed by atoms with Crippen molar-refractivity contribution in [3.8, 4) is 0 Å². The first-order valence-electron chi connectivity index (χ1n) is 6.03. The molecule has 0 aliphatic heterocycles. The van der Waals surface area contributed by atoms with Crippen molar-refractivity contribution < 1.29 is 12.8 Å². The molecule has 0 aliphatic rings. The van der Waals surface area contributed by atoms with Crippen LogP contribution in [-0.2, 0) is 16.6 Å². The maximum atomic E-state index is 12.4. The van der Waals surface area contributed by atoms with E-state index in [0.29, 0.717) is 23.0 Å². The largest absolute Gasteiger partial charge is 0.444 e. The van der Waals surface area contributed by atoms with Crippen LogP contribution < -0.4 is 10.5 Å². The maximum Gasteiger partial charge on any atom is 0.245 e. The molecular formula is C11H17N5O3S. The Hall–Kier alpha value is -1.71. The van der Waals surface area contributed by atoms with Gasteiger partial charge in [0, 0.05) is 6.54 Å². The molecule has 9 heteroatoms. The number of H-pyrrole nitrogens is 1. The van der Waals surface area contributed by atoms with E-state index in [1.54, 1.807) is 20.8 Å². The minimum Gasteiger partial charge on any atom is -0.444 e. The van der Waals surface area contributed by atoms with Crippen LogP contribution in [0.15, 0.2) is 15.5 Å². The van der Waals surface area contributed by atoms with E-state index in [2.05, 4.69) is 19.9 Å². The minimum absolute atomic E-state index is 0.0348. The fourth-order valence-corrected chi connectivity index (χ4v) is 3.45. The second-order valence-electron chi connectivity index (χ2n) is 4.48. The Labute approximate surface area is 116 Å². The van der Waals surface area contributed by atoms with Crippen molar-refractivity contribution in [1.29, 1.82) is 0 Å². The van der Waals surface area contributed by atoms with E-state index >= 15 is 0 Å². The maximum absolute atomic E-state index is 12.4. The van der Waals surface area contributed by atoms with Crippen LogP contribution in [0, 0.1) is 13.8 Å². The molecule has 2 rings (SSSR count). The van der Waals surface area contributed by atoms with E-state index in [9.17, 15) is 8.42 Å². The third kappa shape index (κ3) is 2.74. The first-order chi connectivity index (χ1) is 9.35. The standard InChI is InChI=1S/C11H17N5O3S/c1-6-5-13-11(19-6)8(3)16-20(17,18)10-7(2)14-15-9(10)4-12/h5,8,16H,4,12H2,1-3H3,(H,14,15). The number of hydrogen-bond acceptors (Lipinski definition) is 6. The van der Waals surface area contributed by atoms with E-state index in [4.69, 9.17) is 10.2 Å². The van der Waals surface area contributed by atoms with Gasteiger partial charge in [0.25, 0.3) is 0 Å². The van der Waals surface area contributed by atoms with E-state index in [0.717, 1.165) is 0 Å². The molecule has 0 aliphatic carbocycles. The summed E-state index contributed by atoms with van der Waals surface area (Å²) in [6, 6.07) is -0.589. The molecule has 1 atom stereocenters. The van der Waals surface area contributed by atoms with E-state index < -0.39 is 16.1 Å². The summed E-state index contributed by atoms with van der Waals surface area (Å²) in [5, 5.41) is 6.50. The van der Waals surface area contributed by atoms with Crippen molar-refractivity contribution >= 4 is 10.0 Å². The van der Waals surface area contributed by atoms with Gasteiger partial charge in [0.15, 0.2) is 0 Å². The molecule has 8 nitrogen and oxygen atoms in total. The van der Waals surface area contributed by atoms with Crippen molar-refractivity contribution in [3.05, 3.63) is 29.2 Å². The molecule has 0 bridgehead atoms. The number of aryl methyl sites for hydroxylation is 2. The molecule has 0 saturated carbocycles. The Morgan fingerprint density at radius 1 is 1.50 bits per heavy atom. The summed E-state index contributed by atoms with van der Waals surface area (Å²) in [6.45, 7) is 5.05. The summed E-state index contributed by atoms with van der Waals surface area (Å²) < 4.78 is 32.6. The number of nitrogens with one attached hydrogen (secondary N) is 2. The van der Waals surface area contributed by atoms with Crippen LogP contribution in [0.3, 0.4) is 0 Å². The molecule has 0 amide bonds. The number of nitrogens with two attached hydrogens (primary N) is 1. The highest BCUT2D eigenvalue weighted by atomic mass is 32.2. The molecule has 4 N–H and O–H groups in total. The Morgan fingerprint density at radius 3 is 2.75 bits per heavy atom. The van der Waals surface area contributed by atoms with Crippen molar-refractivity contribution in [2.24, 2.45) is 5.73 Å². The van der Waals surface area contributed by atoms with Crippen LogP contribution in [0.1, 0.15) is 36.0 Å². The van der Waals surface area contributed by atoms with Gasteiger partial charge in [0.05, 0.1) is 23.6 Å². The van der Waals surface area contributed by atoms with Gasteiger partial charge in [-0.05, 0) is 20.8 Å². The number of oxazole rings is 1. The molecule has 2 aromatic rings. The van der Waals surface area contributed by atoms with Gasteiger partial charge in [-0.25, -0.2) is 13.4 Å². The van der Waals surface area contributed by atoms with Crippen molar-refractivity contribution in [2.75, 3.05) is 0 Å². The summed E-state index contributed by atoms with van der Waals surface area (Å²) in [7, 11) is -3.75. The van der Waals surface area contributed by atoms with Crippen LogP contribution >= 0.6 is 0 Å². The average molecular weight is 299 g/mol. The zero-order valence-electron chi connectivity index (χ0n) is 11.5. The summed E-state index contributed by atoms with van der Waals surface area (Å²) in [4.78, 5) is 4.08. The number of hydrogen-bond donors (Lipinski definition) is 3. The first-order valence-corrected chi connectivity index (χ1v) is 7.52. The van der Waals surface area contributed by atoms with Crippen LogP contribution in [0.4, 0.5) is 0 Å². The number of sulfonamides is 1. The van der Waals surface area contributed by atoms with Crippen molar-refractivity contribution in [2.45, 2.75) is 38.3 Å². The van der Waals surface area contributed by atoms with Crippen LogP contribution in [0.2, 0.25) is 0 Å². The molecule has 110 valence electrons. The highest BCUT2D eigenvalue weighted by molar-refractivity contribution is 7.89. The monoisotopic (exact) mass is 299 g/mol. The lowest BCUT2D eigenvalue weighted by Crippen LogP contribution is -2.28. The minimum atomic E-state index is -3.75. The third-order valence-electron chi connectivity index (χ3n) is 2.76. The van der Waals surface area contributed by atoms with E-state index in [-0.39, 0.29) is 11.4 Å². The van der Waals surface area contributed by atoms with Crippen molar-refractivity contribution in [3.63, 3.8) is 0 Å². The van der Waals surface area contributed by atoms with Gasteiger partial charge in [-0.1, -0.05) is 0 Å². The molecule has 0 radical (unpaired) electrons. The molecule has 1 unspecified atom stereocenters. The van der Waals surface area contributed by atoms with Gasteiger partial charge in [-0.15, -0.1) is 0 Å². The van der Waals surface area contributed by atoms with Gasteiger partial charge in [0.1, 0.15) is 10.7 Å². The highest BCUT2D eigenvalue weighted by Gasteiger charge is 2.27. The molecule has 2 heterocycles. The van der Waals surface area contributed by atoms with Crippen molar-refractivity contribution in [1.82, 2.24) is 19.9 Å². The third-order valence-corrected chi connectivity index (χ3v) is 4.51. The fraction of sp³-hybridized carbons (Fsp3) is 0.455. The molecular weight excluding hydrogens is 282 g/mol. The smallest absolute Gasteiger partial charge is 0.245 e. The number of rotatable bonds is 5. The summed E-state index contributed by atoms with van der Waals surface area (Å²) >= 11 is 0. The zero-order chi connectivity index (χ0) is 14.9. The normalized spacial score (nSPS) is 13.6. The summed E-state index contributed by atoms with van der Waals surface area (Å²) in [5.41, 5.74) is 6.24. The Morgan fingerprint density at radius 2 is 2.20 bits per heavy atom. The number of nitrogens with zero attached hydrogens (tertiary/aromatic N) is 2. The molecule has 2 aromatic heterocycles. The van der Waals surface area contributed by atoms with Gasteiger partial charge in [0.2, 0.25) is 15.9 Å². The molecule has 0 aromatic carbocycles. The molecule has 0 spiro atoms. The predicted octanol–water partition coefficient (Wildman–Crippen LogP) is 0.513. The average Bonchev–Trinajstić information content (AvgIpc) is 2.94. The second kappa shape index (κ2) is 5.35. The molecule has 0 saturated heterocycles. The quantitative estimate of drug-likeness (QED) is 0.738. The second-order valence-corrected chi connectivity index (χ2v) is 6.13. The lowest BCUT2D eigenvalue weighted by atomic mass is 10.4. The number of aromatic amines is 1. The Balaban J connectivity index is 2.29. The Kier molecular flexibility index (Phi) is 3.93. The van der Waals surface area contributed by atoms with Gasteiger partial charge >= 0.3 is 0 Å². The van der Waals surface area contributed by atoms with Gasteiger partial charge in [-0.2, -0.15) is 9.82 Å². The first kappa shape index (κ1) is 14.7. The number of aromatic nitrogens is 3. The van der Waals surface area contributed by atoms with Gasteiger partial charge < -0.3 is 10.2 Å². The highest BCUT2D eigenvalue weighted by Crippen LogP contribution is 2.20. The van der Waals surface area contributed by atoms with Gasteiger partial charge in [-0.3, -0.25) is 5.10 Å². The summed E-state index contributed by atoms with van der Waals surface area (Å²) in [5.74, 6) is 0.926. The Bertz CT molecular complexity index is 703. The molecule has 0 fully saturated rings. The van der Waals surface area contributed by atoms with Crippen LogP contribution in [-0.4, -0.2) is 23.6 Å². The lowest BCUT2D eigenvalue weighted by Gasteiger charge is -2.11. The SMILES string of the molecule is Cc1cnc(C(C)NS(=O)(=O)c2c(CN)n[nH]c2C)o1. The molecule has 20 heavy (non-hydrogen) atoms. The summed E-state index contributed by atoms with van der Waals surface area (Å²) in [6.07, 6.45) is 1.54. The zero-order valence-corrected chi connectivity index (χ0v) is 12.3. The van der Waals surface area contributed by atoms with Crippen LogP contribution in [0.5, 0.6) is 0 Å². The fourth-order valence-electron chi connectivity index (χ4n) is 1.88. The van der Waals surface area contributed by atoms with E-state index in [1.807, 2.05) is 0 Å². The predicted molar refractivity (Wildman–Crippen MR) is 71.2 cm³/mol. The van der Waals surface area contributed by atoms with Crippen LogP contribution in [0.25, 0.3) is 0 Å². The topological polar surface area (TPSA) is 127 Å². The van der Waals surface area contributed by atoms with E-state index in [1.165, 1.54) is 6.20 Å². The lowest BCUT2D eigenvalue weighted by molar-refractivity contribution is 0.427.